The zero-order valence-corrected chi connectivity index (χ0v) is 10.3. The molecule has 7 heteroatoms. The Balaban J connectivity index is 2.32. The SMILES string of the molecule is Fc1c(Cl)cccc1-n1ncc2cnc(Cl)nc21. The lowest BCUT2D eigenvalue weighted by atomic mass is 10.3. The smallest absolute Gasteiger partial charge is 0.224 e. The Morgan fingerprint density at radius 1 is 1.17 bits per heavy atom. The van der Waals surface area contributed by atoms with Gasteiger partial charge in [0.05, 0.1) is 16.6 Å². The number of rotatable bonds is 1. The topological polar surface area (TPSA) is 43.6 Å². The molecule has 0 aliphatic carbocycles. The number of hydrogen-bond acceptors (Lipinski definition) is 3. The molecule has 0 spiro atoms. The summed E-state index contributed by atoms with van der Waals surface area (Å²) < 4.78 is 15.3. The van der Waals surface area contributed by atoms with Crippen LogP contribution in [-0.2, 0) is 0 Å². The molecule has 18 heavy (non-hydrogen) atoms. The molecule has 90 valence electrons. The van der Waals surface area contributed by atoms with E-state index in [1.807, 2.05) is 0 Å². The van der Waals surface area contributed by atoms with Crippen molar-refractivity contribution in [2.75, 3.05) is 0 Å². The second-order valence-corrected chi connectivity index (χ2v) is 4.29. The lowest BCUT2D eigenvalue weighted by Crippen LogP contribution is -2.01. The van der Waals surface area contributed by atoms with Crippen molar-refractivity contribution in [1.82, 2.24) is 19.7 Å². The Labute approximate surface area is 111 Å². The molecule has 0 unspecified atom stereocenters. The van der Waals surface area contributed by atoms with E-state index in [9.17, 15) is 4.39 Å². The molecule has 1 aromatic carbocycles. The minimum absolute atomic E-state index is 0.0244. The molecule has 0 saturated heterocycles. The van der Waals surface area contributed by atoms with Crippen LogP contribution in [0.1, 0.15) is 0 Å². The summed E-state index contributed by atoms with van der Waals surface area (Å²) in [5.74, 6) is -0.557. The summed E-state index contributed by atoms with van der Waals surface area (Å²) in [4.78, 5) is 7.86. The van der Waals surface area contributed by atoms with Gasteiger partial charge in [0.1, 0.15) is 5.69 Å². The number of nitrogens with zero attached hydrogens (tertiary/aromatic N) is 4. The zero-order chi connectivity index (χ0) is 12.7. The van der Waals surface area contributed by atoms with Gasteiger partial charge >= 0.3 is 0 Å². The van der Waals surface area contributed by atoms with Crippen LogP contribution in [0.25, 0.3) is 16.7 Å². The average Bonchev–Trinajstić information content (AvgIpc) is 2.75. The maximum atomic E-state index is 13.9. The highest BCUT2D eigenvalue weighted by atomic mass is 35.5. The van der Waals surface area contributed by atoms with Gasteiger partial charge in [-0.15, -0.1) is 0 Å². The van der Waals surface area contributed by atoms with Gasteiger partial charge in [0.25, 0.3) is 0 Å². The van der Waals surface area contributed by atoms with E-state index in [2.05, 4.69) is 15.1 Å². The Morgan fingerprint density at radius 2 is 2.00 bits per heavy atom. The van der Waals surface area contributed by atoms with E-state index >= 15 is 0 Å². The third-order valence-corrected chi connectivity index (χ3v) is 2.91. The minimum Gasteiger partial charge on any atom is -0.226 e. The third-order valence-electron chi connectivity index (χ3n) is 2.44. The molecule has 3 rings (SSSR count). The summed E-state index contributed by atoms with van der Waals surface area (Å²) in [6.07, 6.45) is 3.06. The first-order chi connectivity index (χ1) is 8.66. The van der Waals surface area contributed by atoms with E-state index < -0.39 is 5.82 Å². The van der Waals surface area contributed by atoms with E-state index in [0.717, 1.165) is 0 Å². The second-order valence-electron chi connectivity index (χ2n) is 3.55. The van der Waals surface area contributed by atoms with Crippen LogP contribution in [0.4, 0.5) is 4.39 Å². The second kappa shape index (κ2) is 4.19. The Hall–Kier alpha value is -1.72. The summed E-state index contributed by atoms with van der Waals surface area (Å²) in [5, 5.41) is 4.83. The van der Waals surface area contributed by atoms with Crippen molar-refractivity contribution in [3.8, 4) is 5.69 Å². The molecule has 0 amide bonds. The largest absolute Gasteiger partial charge is 0.226 e. The molecule has 0 fully saturated rings. The fourth-order valence-corrected chi connectivity index (χ4v) is 1.93. The summed E-state index contributed by atoms with van der Waals surface area (Å²) in [7, 11) is 0. The van der Waals surface area contributed by atoms with Crippen LogP contribution in [-0.4, -0.2) is 19.7 Å². The maximum Gasteiger partial charge on any atom is 0.224 e. The van der Waals surface area contributed by atoms with E-state index in [0.29, 0.717) is 11.0 Å². The molecule has 2 heterocycles. The van der Waals surface area contributed by atoms with Gasteiger partial charge in [0, 0.05) is 6.20 Å². The van der Waals surface area contributed by atoms with Gasteiger partial charge in [0.2, 0.25) is 5.28 Å². The Kier molecular flexibility index (Phi) is 2.65. The van der Waals surface area contributed by atoms with Crippen LogP contribution in [0.2, 0.25) is 10.3 Å². The van der Waals surface area contributed by atoms with Crippen molar-refractivity contribution in [2.24, 2.45) is 0 Å². The van der Waals surface area contributed by atoms with E-state index in [-0.39, 0.29) is 16.0 Å². The highest BCUT2D eigenvalue weighted by molar-refractivity contribution is 6.31. The molecule has 0 bridgehead atoms. The first kappa shape index (κ1) is 11.4. The van der Waals surface area contributed by atoms with Crippen molar-refractivity contribution in [3.05, 3.63) is 46.7 Å². The monoisotopic (exact) mass is 282 g/mol. The highest BCUT2D eigenvalue weighted by Crippen LogP contribution is 2.23. The standard InChI is InChI=1S/C11H5Cl2FN4/c12-7-2-1-3-8(9(7)14)18-10-6(5-16-18)4-15-11(13)17-10/h1-5H. The predicted molar refractivity (Wildman–Crippen MR) is 66.6 cm³/mol. The van der Waals surface area contributed by atoms with Gasteiger partial charge < -0.3 is 0 Å². The van der Waals surface area contributed by atoms with Gasteiger partial charge in [-0.05, 0) is 23.7 Å². The van der Waals surface area contributed by atoms with Crippen LogP contribution in [0.3, 0.4) is 0 Å². The van der Waals surface area contributed by atoms with Gasteiger partial charge in [-0.1, -0.05) is 17.7 Å². The molecular weight excluding hydrogens is 278 g/mol. The molecule has 0 atom stereocenters. The number of hydrogen-bond donors (Lipinski definition) is 0. The van der Waals surface area contributed by atoms with Crippen molar-refractivity contribution in [2.45, 2.75) is 0 Å². The molecule has 2 aromatic heterocycles. The van der Waals surface area contributed by atoms with Crippen LogP contribution in [0.15, 0.2) is 30.6 Å². The molecule has 0 radical (unpaired) electrons. The molecular formula is C11H5Cl2FN4. The quantitative estimate of drug-likeness (QED) is 0.644. The molecule has 0 N–H and O–H groups in total. The van der Waals surface area contributed by atoms with Gasteiger partial charge in [-0.3, -0.25) is 0 Å². The molecule has 0 saturated carbocycles. The number of halogens is 3. The minimum atomic E-state index is -0.557. The van der Waals surface area contributed by atoms with Crippen molar-refractivity contribution < 1.29 is 4.39 Å². The summed E-state index contributed by atoms with van der Waals surface area (Å²) >= 11 is 11.5. The zero-order valence-electron chi connectivity index (χ0n) is 8.81. The highest BCUT2D eigenvalue weighted by Gasteiger charge is 2.13. The average molecular weight is 283 g/mol. The first-order valence-corrected chi connectivity index (χ1v) is 5.73. The summed E-state index contributed by atoms with van der Waals surface area (Å²) in [5.41, 5.74) is 0.642. The first-order valence-electron chi connectivity index (χ1n) is 4.97. The lowest BCUT2D eigenvalue weighted by Gasteiger charge is -2.05. The Bertz CT molecular complexity index is 741. The third kappa shape index (κ3) is 1.72. The fraction of sp³-hybridized carbons (Fsp3) is 0. The van der Waals surface area contributed by atoms with Crippen molar-refractivity contribution >= 4 is 34.2 Å². The molecule has 0 aliphatic heterocycles. The van der Waals surface area contributed by atoms with Crippen LogP contribution in [0.5, 0.6) is 0 Å². The number of benzene rings is 1. The van der Waals surface area contributed by atoms with Gasteiger partial charge in [-0.2, -0.15) is 10.1 Å². The van der Waals surface area contributed by atoms with Crippen LogP contribution >= 0.6 is 23.2 Å². The normalized spacial score (nSPS) is 11.1. The summed E-state index contributed by atoms with van der Waals surface area (Å²) in [6.45, 7) is 0. The number of fused-ring (bicyclic) bond motifs is 1. The van der Waals surface area contributed by atoms with E-state index in [1.165, 1.54) is 23.1 Å². The van der Waals surface area contributed by atoms with Crippen LogP contribution < -0.4 is 0 Å². The predicted octanol–water partition coefficient (Wildman–Crippen LogP) is 3.26. The maximum absolute atomic E-state index is 13.9. The van der Waals surface area contributed by atoms with Gasteiger partial charge in [0.15, 0.2) is 11.5 Å². The molecule has 4 nitrogen and oxygen atoms in total. The van der Waals surface area contributed by atoms with Crippen LogP contribution in [0, 0.1) is 5.82 Å². The van der Waals surface area contributed by atoms with Crippen molar-refractivity contribution in [3.63, 3.8) is 0 Å². The van der Waals surface area contributed by atoms with Gasteiger partial charge in [-0.25, -0.2) is 14.1 Å². The summed E-state index contributed by atoms with van der Waals surface area (Å²) in [6, 6.07) is 4.66. The fourth-order valence-electron chi connectivity index (χ4n) is 1.63. The Morgan fingerprint density at radius 3 is 2.83 bits per heavy atom. The number of aromatic nitrogens is 4. The lowest BCUT2D eigenvalue weighted by molar-refractivity contribution is 0.613. The van der Waals surface area contributed by atoms with Crippen molar-refractivity contribution in [1.29, 1.82) is 0 Å². The van der Waals surface area contributed by atoms with E-state index in [1.54, 1.807) is 12.1 Å². The van der Waals surface area contributed by atoms with E-state index in [4.69, 9.17) is 23.2 Å². The molecule has 3 aromatic rings. The molecule has 0 aliphatic rings.